The van der Waals surface area contributed by atoms with E-state index < -0.39 is 0 Å². The molecule has 3 heterocycles. The van der Waals surface area contributed by atoms with Crippen molar-refractivity contribution < 1.29 is 4.42 Å². The van der Waals surface area contributed by atoms with Crippen LogP contribution in [0.1, 0.15) is 11.5 Å². The number of aromatic nitrogens is 2. The van der Waals surface area contributed by atoms with Gasteiger partial charge in [-0.25, -0.2) is 0 Å². The zero-order valence-corrected chi connectivity index (χ0v) is 11.4. The third-order valence-corrected chi connectivity index (χ3v) is 3.73. The molecule has 4 aromatic rings. The lowest BCUT2D eigenvalue weighted by atomic mass is 10.1. The zero-order chi connectivity index (χ0) is 13.7. The van der Waals surface area contributed by atoms with Crippen molar-refractivity contribution in [1.82, 2.24) is 9.97 Å². The summed E-state index contributed by atoms with van der Waals surface area (Å²) in [5.41, 5.74) is 4.36. The van der Waals surface area contributed by atoms with Crippen molar-refractivity contribution in [1.29, 1.82) is 0 Å². The predicted molar refractivity (Wildman–Crippen MR) is 80.8 cm³/mol. The molecule has 3 heteroatoms. The van der Waals surface area contributed by atoms with Crippen LogP contribution in [0.5, 0.6) is 0 Å². The molecule has 0 fully saturated rings. The second-order valence-electron chi connectivity index (χ2n) is 5.11. The second-order valence-corrected chi connectivity index (χ2v) is 5.11. The number of benzene rings is 1. The fourth-order valence-electron chi connectivity index (χ4n) is 2.70. The molecule has 0 aliphatic heterocycles. The van der Waals surface area contributed by atoms with Gasteiger partial charge in [-0.3, -0.25) is 4.98 Å². The monoisotopic (exact) mass is 262 g/mol. The van der Waals surface area contributed by atoms with Gasteiger partial charge in [-0.2, -0.15) is 0 Å². The molecule has 0 amide bonds. The molecule has 0 unspecified atom stereocenters. The Hall–Kier alpha value is -2.55. The predicted octanol–water partition coefficient (Wildman–Crippen LogP) is 4.59. The van der Waals surface area contributed by atoms with Crippen LogP contribution >= 0.6 is 0 Å². The first-order valence-electron chi connectivity index (χ1n) is 6.66. The summed E-state index contributed by atoms with van der Waals surface area (Å²) < 4.78 is 5.71. The summed E-state index contributed by atoms with van der Waals surface area (Å²) in [6.45, 7) is 3.98. The normalized spacial score (nSPS) is 11.5. The third kappa shape index (κ3) is 1.56. The van der Waals surface area contributed by atoms with E-state index in [2.05, 4.69) is 34.2 Å². The van der Waals surface area contributed by atoms with Gasteiger partial charge in [0.25, 0.3) is 0 Å². The summed E-state index contributed by atoms with van der Waals surface area (Å²) in [4.78, 5) is 7.77. The van der Waals surface area contributed by atoms with E-state index in [1.54, 1.807) is 0 Å². The molecule has 0 bridgehead atoms. The Morgan fingerprint density at radius 3 is 2.70 bits per heavy atom. The molecule has 3 nitrogen and oxygen atoms in total. The first-order chi connectivity index (χ1) is 9.72. The molecular formula is C17H14N2O. The minimum absolute atomic E-state index is 0.907. The van der Waals surface area contributed by atoms with Crippen molar-refractivity contribution in [2.75, 3.05) is 0 Å². The Balaban J connectivity index is 2.03. The highest BCUT2D eigenvalue weighted by molar-refractivity contribution is 6.08. The number of nitrogens with one attached hydrogen (secondary N) is 1. The van der Waals surface area contributed by atoms with E-state index in [-0.39, 0.29) is 0 Å². The fraction of sp³-hybridized carbons (Fsp3) is 0.118. The summed E-state index contributed by atoms with van der Waals surface area (Å²) in [7, 11) is 0. The number of rotatable bonds is 1. The summed E-state index contributed by atoms with van der Waals surface area (Å²) in [6.07, 6.45) is 1.86. The lowest BCUT2D eigenvalue weighted by Crippen LogP contribution is -1.80. The Kier molecular flexibility index (Phi) is 2.24. The van der Waals surface area contributed by atoms with Gasteiger partial charge in [-0.1, -0.05) is 0 Å². The number of fused-ring (bicyclic) bond motifs is 3. The molecule has 1 aromatic carbocycles. The van der Waals surface area contributed by atoms with Crippen molar-refractivity contribution in [2.45, 2.75) is 13.8 Å². The smallest absolute Gasteiger partial charge is 0.134 e. The number of furan rings is 1. The van der Waals surface area contributed by atoms with Gasteiger partial charge in [0.05, 0.1) is 11.2 Å². The van der Waals surface area contributed by atoms with E-state index in [1.807, 2.05) is 32.2 Å². The van der Waals surface area contributed by atoms with Crippen LogP contribution in [0.4, 0.5) is 0 Å². The number of H-pyrrole nitrogens is 1. The van der Waals surface area contributed by atoms with Crippen LogP contribution in [0, 0.1) is 13.8 Å². The molecule has 0 aliphatic rings. The maximum Gasteiger partial charge on any atom is 0.134 e. The fourth-order valence-corrected chi connectivity index (χ4v) is 2.70. The second kappa shape index (κ2) is 3.97. The minimum Gasteiger partial charge on any atom is -0.461 e. The molecule has 0 atom stereocenters. The van der Waals surface area contributed by atoms with Crippen molar-refractivity contribution in [3.63, 3.8) is 0 Å². The lowest BCUT2D eigenvalue weighted by molar-refractivity contribution is 0.548. The Morgan fingerprint density at radius 1 is 1.00 bits per heavy atom. The molecule has 98 valence electrons. The van der Waals surface area contributed by atoms with Gasteiger partial charge in [0.15, 0.2) is 0 Å². The standard InChI is InChI=1S/C17H14N2O/c1-10-3-6-16(20-10)12-4-5-15-14(9-12)13-7-8-18-11(2)17(13)19-15/h3-9,19H,1-2H3. The van der Waals surface area contributed by atoms with E-state index in [1.165, 1.54) is 10.8 Å². The molecule has 0 saturated carbocycles. The highest BCUT2D eigenvalue weighted by atomic mass is 16.3. The molecular weight excluding hydrogens is 248 g/mol. The first-order valence-corrected chi connectivity index (χ1v) is 6.66. The number of pyridine rings is 1. The van der Waals surface area contributed by atoms with Gasteiger partial charge in [0, 0.05) is 28.0 Å². The molecule has 20 heavy (non-hydrogen) atoms. The molecule has 0 aliphatic carbocycles. The van der Waals surface area contributed by atoms with Crippen LogP contribution < -0.4 is 0 Å². The van der Waals surface area contributed by atoms with Crippen molar-refractivity contribution in [2.24, 2.45) is 0 Å². The zero-order valence-electron chi connectivity index (χ0n) is 11.4. The van der Waals surface area contributed by atoms with Gasteiger partial charge in [-0.15, -0.1) is 0 Å². The van der Waals surface area contributed by atoms with Gasteiger partial charge in [0.1, 0.15) is 11.5 Å². The SMILES string of the molecule is Cc1ccc(-c2ccc3[nH]c4c(C)nccc4c3c2)o1. The van der Waals surface area contributed by atoms with Crippen LogP contribution in [-0.4, -0.2) is 9.97 Å². The number of aryl methyl sites for hydroxylation is 2. The Bertz CT molecular complexity index is 931. The van der Waals surface area contributed by atoms with Gasteiger partial charge in [-0.05, 0) is 50.2 Å². The van der Waals surface area contributed by atoms with E-state index in [9.17, 15) is 0 Å². The van der Waals surface area contributed by atoms with Crippen LogP contribution in [0.15, 0.2) is 47.0 Å². The van der Waals surface area contributed by atoms with E-state index in [0.29, 0.717) is 0 Å². The number of hydrogen-bond donors (Lipinski definition) is 1. The molecule has 0 spiro atoms. The number of nitrogens with zero attached hydrogens (tertiary/aromatic N) is 1. The molecule has 0 saturated heterocycles. The average Bonchev–Trinajstić information content (AvgIpc) is 3.03. The Morgan fingerprint density at radius 2 is 1.90 bits per heavy atom. The molecule has 0 radical (unpaired) electrons. The number of aromatic amines is 1. The average molecular weight is 262 g/mol. The summed E-state index contributed by atoms with van der Waals surface area (Å²) in [6, 6.07) is 12.4. The first kappa shape index (κ1) is 11.3. The van der Waals surface area contributed by atoms with Crippen LogP contribution in [0.2, 0.25) is 0 Å². The minimum atomic E-state index is 0.907. The van der Waals surface area contributed by atoms with Crippen LogP contribution in [0.25, 0.3) is 33.1 Å². The molecule has 3 aromatic heterocycles. The van der Waals surface area contributed by atoms with Gasteiger partial charge < -0.3 is 9.40 Å². The largest absolute Gasteiger partial charge is 0.461 e. The lowest BCUT2D eigenvalue weighted by Gasteiger charge is -1.98. The summed E-state index contributed by atoms with van der Waals surface area (Å²) in [5.74, 6) is 1.84. The maximum absolute atomic E-state index is 5.71. The third-order valence-electron chi connectivity index (χ3n) is 3.73. The van der Waals surface area contributed by atoms with E-state index in [0.717, 1.165) is 33.8 Å². The topological polar surface area (TPSA) is 41.8 Å². The van der Waals surface area contributed by atoms with Gasteiger partial charge >= 0.3 is 0 Å². The van der Waals surface area contributed by atoms with Crippen LogP contribution in [-0.2, 0) is 0 Å². The van der Waals surface area contributed by atoms with Gasteiger partial charge in [0.2, 0.25) is 0 Å². The summed E-state index contributed by atoms with van der Waals surface area (Å²) in [5, 5.41) is 2.41. The molecule has 1 N–H and O–H groups in total. The summed E-state index contributed by atoms with van der Waals surface area (Å²) >= 11 is 0. The molecule has 4 rings (SSSR count). The Labute approximate surface area is 116 Å². The quantitative estimate of drug-likeness (QED) is 0.545. The van der Waals surface area contributed by atoms with Crippen LogP contribution in [0.3, 0.4) is 0 Å². The van der Waals surface area contributed by atoms with Crippen molar-refractivity contribution >= 4 is 21.8 Å². The maximum atomic E-state index is 5.71. The highest BCUT2D eigenvalue weighted by Crippen LogP contribution is 2.31. The van der Waals surface area contributed by atoms with E-state index >= 15 is 0 Å². The number of hydrogen-bond acceptors (Lipinski definition) is 2. The van der Waals surface area contributed by atoms with Crippen molar-refractivity contribution in [3.8, 4) is 11.3 Å². The highest BCUT2D eigenvalue weighted by Gasteiger charge is 2.09. The van der Waals surface area contributed by atoms with Crippen molar-refractivity contribution in [3.05, 3.63) is 54.0 Å². The van der Waals surface area contributed by atoms with E-state index in [4.69, 9.17) is 4.42 Å².